The number of rotatable bonds is 34. The highest BCUT2D eigenvalue weighted by Crippen LogP contribution is 2.50. The number of thiocarbonyl (C=S) groups is 1. The van der Waals surface area contributed by atoms with E-state index in [9.17, 15) is 103 Å². The molecule has 90 heavy (non-hydrogen) atoms. The number of ether oxygens (including phenoxy) is 1. The summed E-state index contributed by atoms with van der Waals surface area (Å²) in [6, 6.07) is 10.1. The second-order valence-electron chi connectivity index (χ2n) is 20.3. The topological polar surface area (TPSA) is 502 Å². The zero-order valence-corrected chi connectivity index (χ0v) is 48.4. The fourth-order valence-corrected chi connectivity index (χ4v) is 9.24. The Morgan fingerprint density at radius 3 is 1.54 bits per heavy atom. The van der Waals surface area contributed by atoms with Gasteiger partial charge in [-0.05, 0) is 79.9 Å². The van der Waals surface area contributed by atoms with Gasteiger partial charge in [0.15, 0.2) is 0 Å². The summed E-state index contributed by atoms with van der Waals surface area (Å²) in [6.07, 6.45) is -8.17. The standard InChI is InChI=1S/C58H63N9O22S/c1-28(68)51(57(86)60-26-45(72)62-37(13-16-46(73)74)53(82)66-41(58(87)88)21-29-5-3-2-4-6-29)67-55(84)39(15-18-48(77)78)64-54(83)38(14-17-47(75)76)65-56(85)40(25-49(79)80)63-44(71)19-20-59-52(81)33-10-7-30(61-27-90)22-36(33)50-34-11-8-31(69)23-42(34)89-43-24-32(70)9-12-35(43)50/h2-12,22-24,28,37-41,50-51,68-70H,13-21,25-26H2,1H3,(H,59,81)(H,60,86)(H,62,72)(H,63,71)(H,64,83)(H,65,85)(H,66,82)(H,67,84)(H,73,74)(H,75,76)(H,77,78)(H,79,80)(H,87,88)/t28-,37+,38+,39+,40+,41+,51+/m1/s1. The van der Waals surface area contributed by atoms with Gasteiger partial charge in [0, 0.05) is 73.4 Å². The first kappa shape index (κ1) is 69.9. The number of fused-ring (bicyclic) bond motifs is 2. The minimum absolute atomic E-state index is 0.0497. The molecule has 4 aromatic rings. The average molecular weight is 1270 g/mol. The number of nitrogens with zero attached hydrogens (tertiary/aromatic N) is 1. The number of phenols is 2. The van der Waals surface area contributed by atoms with Crippen LogP contribution < -0.4 is 47.3 Å². The molecule has 0 aromatic heterocycles. The molecular weight excluding hydrogens is 1210 g/mol. The molecule has 31 nitrogen and oxygen atoms in total. The number of aliphatic hydroxyl groups excluding tert-OH is 1. The number of aliphatic hydroxyl groups is 1. The second-order valence-corrected chi connectivity index (χ2v) is 20.4. The molecule has 0 saturated heterocycles. The van der Waals surface area contributed by atoms with Crippen molar-refractivity contribution in [3.8, 4) is 23.0 Å². The normalized spacial score (nSPS) is 13.7. The Bertz CT molecular complexity index is 3400. The molecule has 8 amide bonds. The Kier molecular flexibility index (Phi) is 25.9. The summed E-state index contributed by atoms with van der Waals surface area (Å²) in [4.78, 5) is 171. The molecule has 478 valence electrons. The van der Waals surface area contributed by atoms with Crippen LogP contribution in [0, 0.1) is 0 Å². The third-order valence-corrected chi connectivity index (χ3v) is 13.6. The van der Waals surface area contributed by atoms with Gasteiger partial charge >= 0.3 is 29.8 Å². The number of nitrogens with one attached hydrogen (secondary N) is 8. The molecule has 7 atom stereocenters. The average Bonchev–Trinajstić information content (AvgIpc) is 0.753. The molecule has 1 aliphatic rings. The Morgan fingerprint density at radius 1 is 0.544 bits per heavy atom. The fourth-order valence-electron chi connectivity index (χ4n) is 9.13. The van der Waals surface area contributed by atoms with E-state index in [-0.39, 0.29) is 40.7 Å². The van der Waals surface area contributed by atoms with Gasteiger partial charge in [0.05, 0.1) is 29.9 Å². The van der Waals surface area contributed by atoms with Crippen molar-refractivity contribution in [2.24, 2.45) is 4.99 Å². The van der Waals surface area contributed by atoms with Crippen molar-refractivity contribution < 1.29 is 108 Å². The number of aliphatic imine (C=N–C) groups is 1. The van der Waals surface area contributed by atoms with Crippen molar-refractivity contribution >= 4 is 100 Å². The quantitative estimate of drug-likeness (QED) is 0.0191. The molecular formula is C58H63N9O22S. The van der Waals surface area contributed by atoms with E-state index in [0.717, 1.165) is 6.92 Å². The Balaban J connectivity index is 1.25. The summed E-state index contributed by atoms with van der Waals surface area (Å²) < 4.78 is 5.99. The van der Waals surface area contributed by atoms with Crippen LogP contribution >= 0.6 is 12.2 Å². The van der Waals surface area contributed by atoms with Crippen LogP contribution in [0.1, 0.15) is 96.8 Å². The molecule has 1 aliphatic heterocycles. The van der Waals surface area contributed by atoms with Crippen LogP contribution in [-0.2, 0) is 64.0 Å². The van der Waals surface area contributed by atoms with Crippen molar-refractivity contribution in [2.75, 3.05) is 13.1 Å². The number of hydrogen-bond acceptors (Lipinski definition) is 19. The third kappa shape index (κ3) is 21.2. The number of aliphatic carboxylic acids is 5. The smallest absolute Gasteiger partial charge is 0.326 e. The van der Waals surface area contributed by atoms with E-state index in [4.69, 9.17) is 17.0 Å². The van der Waals surface area contributed by atoms with Gasteiger partial charge in [-0.25, -0.2) is 4.79 Å². The van der Waals surface area contributed by atoms with Crippen molar-refractivity contribution in [3.05, 3.63) is 113 Å². The van der Waals surface area contributed by atoms with Crippen LogP contribution in [0.15, 0.2) is 89.9 Å². The van der Waals surface area contributed by atoms with Crippen LogP contribution in [0.4, 0.5) is 5.69 Å². The molecule has 0 radical (unpaired) electrons. The van der Waals surface area contributed by atoms with Crippen LogP contribution in [0.5, 0.6) is 23.0 Å². The first-order valence-electron chi connectivity index (χ1n) is 27.4. The molecule has 0 fully saturated rings. The lowest BCUT2D eigenvalue weighted by Crippen LogP contribution is -2.60. The summed E-state index contributed by atoms with van der Waals surface area (Å²) in [5, 5.41) is 98.9. The number of isothiocyanates is 1. The molecule has 0 aliphatic carbocycles. The van der Waals surface area contributed by atoms with Crippen molar-refractivity contribution in [2.45, 2.75) is 113 Å². The Hall–Kier alpha value is -10.9. The van der Waals surface area contributed by atoms with E-state index in [1.54, 1.807) is 48.5 Å². The molecule has 5 rings (SSSR count). The number of hydrogen-bond donors (Lipinski definition) is 16. The number of carboxylic acid groups (broad SMARTS) is 5. The van der Waals surface area contributed by atoms with E-state index in [0.29, 0.717) is 22.3 Å². The highest BCUT2D eigenvalue weighted by Gasteiger charge is 2.36. The van der Waals surface area contributed by atoms with Gasteiger partial charge in [0.2, 0.25) is 41.4 Å². The van der Waals surface area contributed by atoms with E-state index in [2.05, 4.69) is 52.7 Å². The predicted octanol–water partition coefficient (Wildman–Crippen LogP) is 0.0401. The molecule has 0 bridgehead atoms. The molecule has 16 N–H and O–H groups in total. The first-order chi connectivity index (χ1) is 42.6. The Morgan fingerprint density at radius 2 is 1.04 bits per heavy atom. The van der Waals surface area contributed by atoms with Gasteiger partial charge in [0.1, 0.15) is 59.2 Å². The van der Waals surface area contributed by atoms with Crippen LogP contribution in [0.3, 0.4) is 0 Å². The second kappa shape index (κ2) is 33.3. The summed E-state index contributed by atoms with van der Waals surface area (Å²) >= 11 is 4.80. The Labute approximate surface area is 515 Å². The maximum absolute atomic E-state index is 14.0. The number of aromatic hydroxyl groups is 2. The summed E-state index contributed by atoms with van der Waals surface area (Å²) in [7, 11) is 0. The van der Waals surface area contributed by atoms with Gasteiger partial charge < -0.3 is 88.1 Å². The van der Waals surface area contributed by atoms with Gasteiger partial charge in [-0.3, -0.25) is 57.5 Å². The van der Waals surface area contributed by atoms with Gasteiger partial charge in [0.25, 0.3) is 5.91 Å². The number of carbonyl (C=O) groups excluding carboxylic acids is 8. The van der Waals surface area contributed by atoms with Crippen molar-refractivity contribution in [1.29, 1.82) is 0 Å². The minimum Gasteiger partial charge on any atom is -0.508 e. The number of benzene rings is 4. The molecule has 4 aromatic carbocycles. The monoisotopic (exact) mass is 1270 g/mol. The summed E-state index contributed by atoms with van der Waals surface area (Å²) in [5.41, 5.74) is 2.17. The number of phenolic OH excluding ortho intramolecular Hbond substituents is 2. The van der Waals surface area contributed by atoms with Crippen molar-refractivity contribution in [3.63, 3.8) is 0 Å². The minimum atomic E-state index is -1.99. The third-order valence-electron chi connectivity index (χ3n) is 13.5. The van der Waals surface area contributed by atoms with Crippen molar-refractivity contribution in [1.82, 2.24) is 42.5 Å². The molecule has 0 saturated carbocycles. The van der Waals surface area contributed by atoms with Gasteiger partial charge in [-0.1, -0.05) is 42.5 Å². The van der Waals surface area contributed by atoms with Gasteiger partial charge in [-0.15, -0.1) is 0 Å². The highest BCUT2D eigenvalue weighted by atomic mass is 32.1. The SMILES string of the molecule is C[C@@H](O)[C@H](NC(=O)[C@H](CCC(=O)O)NC(=O)[C@H](CCC(=O)O)NC(=O)[C@H](CC(=O)O)NC(=O)CCNC(=O)c1ccc(N=C=S)cc1C1c2ccc(O)cc2Oc2cc(O)ccc21)C(=O)NCC(=O)N[C@@H](CCC(=O)O)C(=O)N[C@@H](Cc1ccccc1)C(=O)O. The van der Waals surface area contributed by atoms with Crippen LogP contribution in [0.25, 0.3) is 0 Å². The number of amides is 8. The van der Waals surface area contributed by atoms with E-state index in [1.807, 2.05) is 0 Å². The van der Waals surface area contributed by atoms with E-state index < -0.39 is 190 Å². The summed E-state index contributed by atoms with van der Waals surface area (Å²) in [5.74, 6) is -17.6. The number of carboxylic acids is 5. The van der Waals surface area contributed by atoms with E-state index in [1.165, 1.54) is 36.4 Å². The lowest BCUT2D eigenvalue weighted by Gasteiger charge is -2.30. The molecule has 0 unspecified atom stereocenters. The van der Waals surface area contributed by atoms with Crippen LogP contribution in [-0.4, -0.2) is 179 Å². The molecule has 32 heteroatoms. The van der Waals surface area contributed by atoms with Crippen LogP contribution in [0.2, 0.25) is 0 Å². The maximum Gasteiger partial charge on any atom is 0.326 e. The summed E-state index contributed by atoms with van der Waals surface area (Å²) in [6.45, 7) is -0.435. The fraction of sp³-hybridized carbons (Fsp3) is 0.345. The molecule has 0 spiro atoms. The zero-order valence-electron chi connectivity index (χ0n) is 47.6. The zero-order chi connectivity index (χ0) is 66.4. The van der Waals surface area contributed by atoms with Gasteiger partial charge in [-0.2, -0.15) is 4.99 Å². The number of carbonyl (C=O) groups is 13. The highest BCUT2D eigenvalue weighted by molar-refractivity contribution is 7.78. The maximum atomic E-state index is 14.0. The largest absolute Gasteiger partial charge is 0.508 e. The predicted molar refractivity (Wildman–Crippen MR) is 312 cm³/mol. The lowest BCUT2D eigenvalue weighted by atomic mass is 9.80. The molecule has 1 heterocycles. The lowest BCUT2D eigenvalue weighted by molar-refractivity contribution is -0.143. The first-order valence-corrected chi connectivity index (χ1v) is 27.8. The van der Waals surface area contributed by atoms with E-state index >= 15 is 0 Å².